The molecular weight excluding hydrogens is 423 g/mol. The number of aryl methyl sites for hydroxylation is 1. The summed E-state index contributed by atoms with van der Waals surface area (Å²) in [5, 5.41) is 7.80. The second-order valence-electron chi connectivity index (χ2n) is 6.78. The van der Waals surface area contributed by atoms with Gasteiger partial charge >= 0.3 is 12.2 Å². The molecule has 0 aromatic carbocycles. The van der Waals surface area contributed by atoms with Crippen molar-refractivity contribution < 1.29 is 22.7 Å². The third-order valence-electron chi connectivity index (χ3n) is 4.55. The van der Waals surface area contributed by atoms with Crippen LogP contribution in [0.1, 0.15) is 29.9 Å². The highest BCUT2D eigenvalue weighted by Gasteiger charge is 2.39. The first-order chi connectivity index (χ1) is 14.3. The number of amides is 1. The highest BCUT2D eigenvalue weighted by molar-refractivity contribution is 7.18. The highest BCUT2D eigenvalue weighted by atomic mass is 32.1. The Hall–Kier alpha value is -2.96. The van der Waals surface area contributed by atoms with E-state index >= 15 is 0 Å². The van der Waals surface area contributed by atoms with Crippen LogP contribution in [-0.2, 0) is 30.5 Å². The molecule has 30 heavy (non-hydrogen) atoms. The number of carbonyl (C=O) groups is 1. The van der Waals surface area contributed by atoms with E-state index in [2.05, 4.69) is 27.1 Å². The van der Waals surface area contributed by atoms with Crippen molar-refractivity contribution >= 4 is 33.3 Å². The van der Waals surface area contributed by atoms with Gasteiger partial charge in [-0.1, -0.05) is 13.3 Å². The number of carbonyl (C=O) groups excluding carboxylic acids is 1. The first-order valence-corrected chi connectivity index (χ1v) is 10.0. The van der Waals surface area contributed by atoms with Crippen LogP contribution in [0.4, 0.5) is 19.0 Å². The van der Waals surface area contributed by atoms with Crippen LogP contribution in [0.5, 0.6) is 6.01 Å². The number of aromatic nitrogens is 5. The molecule has 0 unspecified atom stereocenters. The van der Waals surface area contributed by atoms with E-state index in [0.29, 0.717) is 10.6 Å². The number of anilines is 1. The predicted octanol–water partition coefficient (Wildman–Crippen LogP) is 2.14. The second-order valence-corrected chi connectivity index (χ2v) is 7.89. The maximum absolute atomic E-state index is 13.1. The predicted molar refractivity (Wildman–Crippen MR) is 102 cm³/mol. The molecule has 0 aliphatic carbocycles. The van der Waals surface area contributed by atoms with E-state index in [-0.39, 0.29) is 38.1 Å². The summed E-state index contributed by atoms with van der Waals surface area (Å²) in [7, 11) is 0. The summed E-state index contributed by atoms with van der Waals surface area (Å²) in [6.07, 6.45) is -2.75. The number of halogens is 3. The van der Waals surface area contributed by atoms with Gasteiger partial charge in [0, 0.05) is 18.0 Å². The number of alkyl halides is 3. The number of hydrogen-bond acceptors (Lipinski definition) is 8. The maximum atomic E-state index is 13.1. The minimum absolute atomic E-state index is 0.00998. The lowest BCUT2D eigenvalue weighted by Gasteiger charge is -2.29. The number of rotatable bonds is 6. The van der Waals surface area contributed by atoms with Gasteiger partial charge in [-0.3, -0.25) is 4.79 Å². The normalized spacial score (nSPS) is 14.2. The van der Waals surface area contributed by atoms with E-state index in [9.17, 15) is 18.0 Å². The van der Waals surface area contributed by atoms with E-state index in [1.807, 2.05) is 11.0 Å². The number of fused-ring (bicyclic) bond motifs is 2. The van der Waals surface area contributed by atoms with Crippen LogP contribution in [0, 0.1) is 0 Å². The summed E-state index contributed by atoms with van der Waals surface area (Å²) in [6, 6.07) is 1.97. The minimum Gasteiger partial charge on any atom is -0.453 e. The fourth-order valence-electron chi connectivity index (χ4n) is 3.30. The molecule has 0 radical (unpaired) electrons. The van der Waals surface area contributed by atoms with E-state index in [1.54, 1.807) is 0 Å². The van der Waals surface area contributed by atoms with Gasteiger partial charge in [-0.05, 0) is 12.5 Å². The SMILES string of the molecule is CCCc1cc2c(N3CCn4c(nnc4C(F)(F)F)C3)nc(OCC(N)=O)nc2s1. The lowest BCUT2D eigenvalue weighted by Crippen LogP contribution is -2.36. The molecule has 0 saturated heterocycles. The quantitative estimate of drug-likeness (QED) is 0.624. The molecule has 0 saturated carbocycles. The van der Waals surface area contributed by atoms with Gasteiger partial charge in [0.1, 0.15) is 10.6 Å². The van der Waals surface area contributed by atoms with Crippen LogP contribution < -0.4 is 15.4 Å². The Morgan fingerprint density at radius 1 is 1.30 bits per heavy atom. The second kappa shape index (κ2) is 7.70. The Morgan fingerprint density at radius 2 is 2.10 bits per heavy atom. The van der Waals surface area contributed by atoms with Gasteiger partial charge in [-0.25, -0.2) is 0 Å². The van der Waals surface area contributed by atoms with Crippen molar-refractivity contribution in [1.29, 1.82) is 0 Å². The Balaban J connectivity index is 1.71. The molecule has 1 amide bonds. The Labute approximate surface area is 172 Å². The minimum atomic E-state index is -4.56. The van der Waals surface area contributed by atoms with Crippen molar-refractivity contribution in [2.45, 2.75) is 39.0 Å². The number of nitrogens with zero attached hydrogens (tertiary/aromatic N) is 6. The average Bonchev–Trinajstić information content (AvgIpc) is 3.28. The van der Waals surface area contributed by atoms with Crippen molar-refractivity contribution in [3.8, 4) is 6.01 Å². The number of hydrogen-bond donors (Lipinski definition) is 1. The summed E-state index contributed by atoms with van der Waals surface area (Å²) >= 11 is 1.49. The number of primary amides is 1. The summed E-state index contributed by atoms with van der Waals surface area (Å²) in [4.78, 5) is 23.4. The third kappa shape index (κ3) is 3.88. The molecule has 4 heterocycles. The van der Waals surface area contributed by atoms with Crippen LogP contribution in [0.15, 0.2) is 6.07 Å². The third-order valence-corrected chi connectivity index (χ3v) is 5.64. The van der Waals surface area contributed by atoms with Crippen molar-refractivity contribution in [2.24, 2.45) is 5.73 Å². The smallest absolute Gasteiger partial charge is 0.451 e. The van der Waals surface area contributed by atoms with E-state index in [1.165, 1.54) is 11.3 Å². The van der Waals surface area contributed by atoms with E-state index in [4.69, 9.17) is 10.5 Å². The average molecular weight is 441 g/mol. The molecule has 3 aromatic rings. The van der Waals surface area contributed by atoms with Crippen molar-refractivity contribution in [2.75, 3.05) is 18.1 Å². The molecular formula is C17H18F3N7O2S. The number of nitrogens with two attached hydrogens (primary N) is 1. The molecule has 9 nitrogen and oxygen atoms in total. The van der Waals surface area contributed by atoms with Gasteiger partial charge in [-0.15, -0.1) is 21.5 Å². The van der Waals surface area contributed by atoms with Crippen molar-refractivity contribution in [1.82, 2.24) is 24.7 Å². The molecule has 0 fully saturated rings. The van der Waals surface area contributed by atoms with Crippen LogP contribution in [0.3, 0.4) is 0 Å². The fourth-order valence-corrected chi connectivity index (χ4v) is 4.41. The highest BCUT2D eigenvalue weighted by Crippen LogP contribution is 2.35. The molecule has 160 valence electrons. The van der Waals surface area contributed by atoms with E-state index < -0.39 is 17.9 Å². The molecule has 4 rings (SSSR count). The molecule has 0 atom stereocenters. The summed E-state index contributed by atoms with van der Waals surface area (Å²) in [6.45, 7) is 2.12. The van der Waals surface area contributed by atoms with Gasteiger partial charge < -0.3 is 19.9 Å². The van der Waals surface area contributed by atoms with E-state index in [0.717, 1.165) is 27.7 Å². The molecule has 3 aromatic heterocycles. The van der Waals surface area contributed by atoms with Crippen LogP contribution in [0.2, 0.25) is 0 Å². The Kier molecular flexibility index (Phi) is 5.22. The van der Waals surface area contributed by atoms with Gasteiger partial charge in [0.25, 0.3) is 5.91 Å². The fraction of sp³-hybridized carbons (Fsp3) is 0.471. The first-order valence-electron chi connectivity index (χ1n) is 9.22. The summed E-state index contributed by atoms with van der Waals surface area (Å²) in [5.74, 6) is -0.954. The Bertz CT molecular complexity index is 1100. The van der Waals surface area contributed by atoms with Crippen LogP contribution >= 0.6 is 11.3 Å². The van der Waals surface area contributed by atoms with Crippen molar-refractivity contribution in [3.05, 3.63) is 22.6 Å². The lowest BCUT2D eigenvalue weighted by atomic mass is 10.2. The lowest BCUT2D eigenvalue weighted by molar-refractivity contribution is -0.147. The topological polar surface area (TPSA) is 112 Å². The summed E-state index contributed by atoms with van der Waals surface area (Å²) < 4.78 is 45.7. The summed E-state index contributed by atoms with van der Waals surface area (Å²) in [5.41, 5.74) is 5.13. The molecule has 2 N–H and O–H groups in total. The monoisotopic (exact) mass is 441 g/mol. The van der Waals surface area contributed by atoms with Gasteiger partial charge in [0.2, 0.25) is 5.82 Å². The zero-order valence-electron chi connectivity index (χ0n) is 15.9. The Morgan fingerprint density at radius 3 is 2.80 bits per heavy atom. The van der Waals surface area contributed by atoms with Crippen LogP contribution in [-0.4, -0.2) is 43.8 Å². The standard InChI is InChI=1S/C17H18F3N7O2S/c1-2-3-9-6-10-13(22-16(23-14(10)30-9)29-8-11(21)28)26-4-5-27-12(7-26)24-25-15(27)17(18,19)20/h6H,2-5,7-8H2,1H3,(H2,21,28). The van der Waals surface area contributed by atoms with Gasteiger partial charge in [0.05, 0.1) is 11.9 Å². The number of thiophene rings is 1. The zero-order chi connectivity index (χ0) is 21.5. The van der Waals surface area contributed by atoms with Gasteiger partial charge in [-0.2, -0.15) is 23.1 Å². The molecule has 0 bridgehead atoms. The van der Waals surface area contributed by atoms with Crippen molar-refractivity contribution in [3.63, 3.8) is 0 Å². The zero-order valence-corrected chi connectivity index (χ0v) is 16.8. The largest absolute Gasteiger partial charge is 0.453 e. The molecule has 13 heteroatoms. The van der Waals surface area contributed by atoms with Gasteiger partial charge in [0.15, 0.2) is 12.4 Å². The first kappa shape index (κ1) is 20.3. The maximum Gasteiger partial charge on any atom is 0.451 e. The number of ether oxygens (including phenoxy) is 1. The van der Waals surface area contributed by atoms with Crippen LogP contribution in [0.25, 0.3) is 10.2 Å². The molecule has 1 aliphatic rings. The molecule has 1 aliphatic heterocycles. The molecule has 0 spiro atoms.